The molecule has 5 nitrogen and oxygen atoms in total. The zero-order chi connectivity index (χ0) is 12.1. The number of hydrogen-bond donors (Lipinski definition) is 1. The van der Waals surface area contributed by atoms with Gasteiger partial charge in [-0.3, -0.25) is 9.59 Å². The second-order valence-electron chi connectivity index (χ2n) is 3.44. The Morgan fingerprint density at radius 1 is 1.44 bits per heavy atom. The van der Waals surface area contributed by atoms with E-state index in [1.165, 1.54) is 4.90 Å². The van der Waals surface area contributed by atoms with Gasteiger partial charge < -0.3 is 14.4 Å². The Bertz CT molecular complexity index is 383. The Labute approximate surface area is 93.7 Å². The summed E-state index contributed by atoms with van der Waals surface area (Å²) >= 11 is 0. The van der Waals surface area contributed by atoms with Crippen LogP contribution in [0.15, 0.2) is 16.5 Å². The van der Waals surface area contributed by atoms with Crippen LogP contribution in [0.25, 0.3) is 0 Å². The number of nitrogens with zero attached hydrogens (tertiary/aromatic N) is 1. The topological polar surface area (TPSA) is 70.8 Å². The van der Waals surface area contributed by atoms with Crippen LogP contribution < -0.4 is 0 Å². The zero-order valence-corrected chi connectivity index (χ0v) is 9.40. The summed E-state index contributed by atoms with van der Waals surface area (Å²) in [4.78, 5) is 23.7. The van der Waals surface area contributed by atoms with Crippen LogP contribution in [0.1, 0.15) is 29.7 Å². The van der Waals surface area contributed by atoms with Crippen LogP contribution in [-0.2, 0) is 4.79 Å². The average Bonchev–Trinajstić information content (AvgIpc) is 2.65. The van der Waals surface area contributed by atoms with Crippen molar-refractivity contribution >= 4 is 11.9 Å². The summed E-state index contributed by atoms with van der Waals surface area (Å²) in [6.07, 6.45) is -0.0563. The van der Waals surface area contributed by atoms with Gasteiger partial charge in [0, 0.05) is 13.1 Å². The van der Waals surface area contributed by atoms with Crippen molar-refractivity contribution < 1.29 is 19.1 Å². The lowest BCUT2D eigenvalue weighted by atomic mass is 10.3. The Hall–Kier alpha value is -1.78. The first kappa shape index (κ1) is 12.3. The van der Waals surface area contributed by atoms with Gasteiger partial charge in [0.15, 0.2) is 5.76 Å². The molecular weight excluding hydrogens is 210 g/mol. The van der Waals surface area contributed by atoms with Crippen molar-refractivity contribution in [2.75, 3.05) is 13.1 Å². The minimum absolute atomic E-state index is 0.0563. The lowest BCUT2D eigenvalue weighted by molar-refractivity contribution is -0.137. The fourth-order valence-electron chi connectivity index (χ4n) is 1.34. The summed E-state index contributed by atoms with van der Waals surface area (Å²) in [7, 11) is 0. The van der Waals surface area contributed by atoms with Crippen LogP contribution in [0.4, 0.5) is 0 Å². The Balaban J connectivity index is 2.66. The van der Waals surface area contributed by atoms with Crippen molar-refractivity contribution in [1.29, 1.82) is 0 Å². The molecule has 0 radical (unpaired) electrons. The van der Waals surface area contributed by atoms with Gasteiger partial charge in [0.1, 0.15) is 5.76 Å². The number of rotatable bonds is 5. The van der Waals surface area contributed by atoms with Crippen LogP contribution in [0.2, 0.25) is 0 Å². The second kappa shape index (κ2) is 5.34. The largest absolute Gasteiger partial charge is 0.481 e. The van der Waals surface area contributed by atoms with E-state index < -0.39 is 5.97 Å². The fraction of sp³-hybridized carbons (Fsp3) is 0.455. The minimum Gasteiger partial charge on any atom is -0.481 e. The standard InChI is InChI=1S/C11H15NO4/c1-3-12(7-6-10(13)14)11(15)9-5-4-8(2)16-9/h4-5H,3,6-7H2,1-2H3,(H,13,14). The molecular formula is C11H15NO4. The summed E-state index contributed by atoms with van der Waals surface area (Å²) in [6.45, 7) is 4.22. The smallest absolute Gasteiger partial charge is 0.305 e. The van der Waals surface area contributed by atoms with E-state index in [0.717, 1.165) is 0 Å². The van der Waals surface area contributed by atoms with E-state index in [1.807, 2.05) is 0 Å². The number of carboxylic acids is 1. The average molecular weight is 225 g/mol. The number of aliphatic carboxylic acids is 1. The van der Waals surface area contributed by atoms with Gasteiger partial charge in [0.25, 0.3) is 5.91 Å². The molecule has 0 fully saturated rings. The van der Waals surface area contributed by atoms with Crippen molar-refractivity contribution in [2.24, 2.45) is 0 Å². The first-order valence-electron chi connectivity index (χ1n) is 5.12. The maximum Gasteiger partial charge on any atom is 0.305 e. The number of hydrogen-bond acceptors (Lipinski definition) is 3. The summed E-state index contributed by atoms with van der Waals surface area (Å²) < 4.78 is 5.20. The summed E-state index contributed by atoms with van der Waals surface area (Å²) in [5, 5.41) is 8.55. The molecule has 0 aliphatic rings. The number of carboxylic acid groups (broad SMARTS) is 1. The Morgan fingerprint density at radius 2 is 2.12 bits per heavy atom. The molecule has 0 spiro atoms. The van der Waals surface area contributed by atoms with Crippen LogP contribution in [-0.4, -0.2) is 35.0 Å². The lowest BCUT2D eigenvalue weighted by Gasteiger charge is -2.18. The van der Waals surface area contributed by atoms with Gasteiger partial charge in [-0.2, -0.15) is 0 Å². The molecule has 1 rings (SSSR count). The zero-order valence-electron chi connectivity index (χ0n) is 9.40. The maximum atomic E-state index is 11.8. The third kappa shape index (κ3) is 3.12. The number of furan rings is 1. The molecule has 0 saturated carbocycles. The van der Waals surface area contributed by atoms with Gasteiger partial charge in [-0.15, -0.1) is 0 Å². The molecule has 1 aromatic rings. The molecule has 0 aliphatic heterocycles. The molecule has 0 aliphatic carbocycles. The van der Waals surface area contributed by atoms with E-state index >= 15 is 0 Å². The van der Waals surface area contributed by atoms with Crippen LogP contribution in [0.3, 0.4) is 0 Å². The van der Waals surface area contributed by atoms with E-state index in [4.69, 9.17) is 9.52 Å². The highest BCUT2D eigenvalue weighted by atomic mass is 16.4. The van der Waals surface area contributed by atoms with Gasteiger partial charge in [-0.1, -0.05) is 0 Å². The normalized spacial score (nSPS) is 10.1. The van der Waals surface area contributed by atoms with Crippen molar-refractivity contribution in [3.63, 3.8) is 0 Å². The highest BCUT2D eigenvalue weighted by Gasteiger charge is 2.17. The molecule has 0 aromatic carbocycles. The lowest BCUT2D eigenvalue weighted by Crippen LogP contribution is -2.32. The SMILES string of the molecule is CCN(CCC(=O)O)C(=O)c1ccc(C)o1. The van der Waals surface area contributed by atoms with E-state index in [0.29, 0.717) is 12.3 Å². The third-order valence-electron chi connectivity index (χ3n) is 2.22. The van der Waals surface area contributed by atoms with Crippen molar-refractivity contribution in [2.45, 2.75) is 20.3 Å². The molecule has 0 saturated heterocycles. The number of carbonyl (C=O) groups excluding carboxylic acids is 1. The monoisotopic (exact) mass is 225 g/mol. The number of aryl methyl sites for hydroxylation is 1. The summed E-state index contributed by atoms with van der Waals surface area (Å²) in [6, 6.07) is 3.30. The van der Waals surface area contributed by atoms with E-state index in [9.17, 15) is 9.59 Å². The molecule has 0 unspecified atom stereocenters. The van der Waals surface area contributed by atoms with Gasteiger partial charge in [-0.25, -0.2) is 0 Å². The molecule has 1 N–H and O–H groups in total. The van der Waals surface area contributed by atoms with E-state index in [2.05, 4.69) is 0 Å². The number of amides is 1. The summed E-state index contributed by atoms with van der Waals surface area (Å²) in [5.41, 5.74) is 0. The fourth-order valence-corrected chi connectivity index (χ4v) is 1.34. The third-order valence-corrected chi connectivity index (χ3v) is 2.22. The van der Waals surface area contributed by atoms with Gasteiger partial charge >= 0.3 is 5.97 Å². The highest BCUT2D eigenvalue weighted by molar-refractivity contribution is 5.91. The highest BCUT2D eigenvalue weighted by Crippen LogP contribution is 2.09. The maximum absolute atomic E-state index is 11.8. The van der Waals surface area contributed by atoms with Crippen molar-refractivity contribution in [3.8, 4) is 0 Å². The van der Waals surface area contributed by atoms with Gasteiger partial charge in [-0.05, 0) is 26.0 Å². The second-order valence-corrected chi connectivity index (χ2v) is 3.44. The van der Waals surface area contributed by atoms with Crippen molar-refractivity contribution in [1.82, 2.24) is 4.90 Å². The Kier molecular flexibility index (Phi) is 4.10. The molecule has 16 heavy (non-hydrogen) atoms. The quantitative estimate of drug-likeness (QED) is 0.824. The van der Waals surface area contributed by atoms with Crippen molar-refractivity contribution in [3.05, 3.63) is 23.7 Å². The minimum atomic E-state index is -0.915. The summed E-state index contributed by atoms with van der Waals surface area (Å²) in [5.74, 6) is -0.263. The van der Waals surface area contributed by atoms with Gasteiger partial charge in [0.05, 0.1) is 6.42 Å². The van der Waals surface area contributed by atoms with Crippen LogP contribution in [0, 0.1) is 6.92 Å². The Morgan fingerprint density at radius 3 is 2.56 bits per heavy atom. The molecule has 88 valence electrons. The molecule has 0 bridgehead atoms. The molecule has 5 heteroatoms. The predicted molar refractivity (Wildman–Crippen MR) is 57.3 cm³/mol. The molecule has 1 aromatic heterocycles. The predicted octanol–water partition coefficient (Wildman–Crippen LogP) is 1.52. The van der Waals surface area contributed by atoms with Gasteiger partial charge in [0.2, 0.25) is 0 Å². The van der Waals surface area contributed by atoms with Crippen LogP contribution in [0.5, 0.6) is 0 Å². The molecule has 1 amide bonds. The first-order chi connectivity index (χ1) is 7.54. The molecule has 0 atom stereocenters. The number of carbonyl (C=O) groups is 2. The van der Waals surface area contributed by atoms with Crippen LogP contribution >= 0.6 is 0 Å². The van der Waals surface area contributed by atoms with E-state index in [1.54, 1.807) is 26.0 Å². The van der Waals surface area contributed by atoms with E-state index in [-0.39, 0.29) is 24.6 Å². The first-order valence-corrected chi connectivity index (χ1v) is 5.12. The molecule has 1 heterocycles.